The van der Waals surface area contributed by atoms with Gasteiger partial charge in [0.15, 0.2) is 0 Å². The Labute approximate surface area is 99.5 Å². The third-order valence-electron chi connectivity index (χ3n) is 3.20. The van der Waals surface area contributed by atoms with Gasteiger partial charge in [-0.15, -0.1) is 0 Å². The lowest BCUT2D eigenvalue weighted by molar-refractivity contribution is 0.128. The Kier molecular flexibility index (Phi) is 5.46. The molecule has 1 aliphatic heterocycles. The zero-order valence-corrected chi connectivity index (χ0v) is 10.9. The maximum atomic E-state index is 9.52. The van der Waals surface area contributed by atoms with Crippen molar-refractivity contribution >= 4 is 0 Å². The van der Waals surface area contributed by atoms with Crippen molar-refractivity contribution in [3.63, 3.8) is 0 Å². The van der Waals surface area contributed by atoms with Crippen molar-refractivity contribution in [2.75, 3.05) is 26.2 Å². The summed E-state index contributed by atoms with van der Waals surface area (Å²) in [5.74, 6) is 0.450. The Hall–Kier alpha value is -0.380. The molecule has 3 nitrogen and oxygen atoms in total. The highest BCUT2D eigenvalue weighted by Crippen LogP contribution is 2.19. The van der Waals surface area contributed by atoms with Crippen molar-refractivity contribution in [1.82, 2.24) is 10.2 Å². The standard InChI is InChI=1S/C13H26N2O/c1-10(2)14-7-11(3)8-15-6-5-13(9-15)12(4)16/h10,12-14,16H,3,5-9H2,1-2,4H3. The van der Waals surface area contributed by atoms with E-state index in [1.54, 1.807) is 0 Å². The Balaban J connectivity index is 2.21. The van der Waals surface area contributed by atoms with Crippen molar-refractivity contribution in [3.05, 3.63) is 12.2 Å². The molecule has 0 aromatic heterocycles. The second-order valence-corrected chi connectivity index (χ2v) is 5.31. The third-order valence-corrected chi connectivity index (χ3v) is 3.20. The topological polar surface area (TPSA) is 35.5 Å². The third kappa shape index (κ3) is 4.64. The SMILES string of the molecule is C=C(CNC(C)C)CN1CCC(C(C)O)C1. The first-order valence-corrected chi connectivity index (χ1v) is 6.29. The molecule has 2 unspecified atom stereocenters. The van der Waals surface area contributed by atoms with E-state index in [0.717, 1.165) is 32.6 Å². The fourth-order valence-electron chi connectivity index (χ4n) is 2.12. The molecule has 0 saturated carbocycles. The first-order valence-electron chi connectivity index (χ1n) is 6.29. The fraction of sp³-hybridized carbons (Fsp3) is 0.846. The summed E-state index contributed by atoms with van der Waals surface area (Å²) in [4.78, 5) is 2.39. The molecule has 94 valence electrons. The minimum absolute atomic E-state index is 0.174. The molecule has 2 atom stereocenters. The summed E-state index contributed by atoms with van der Waals surface area (Å²) in [6.45, 7) is 14.2. The van der Waals surface area contributed by atoms with Crippen LogP contribution in [0.5, 0.6) is 0 Å². The molecule has 3 heteroatoms. The van der Waals surface area contributed by atoms with Crippen LogP contribution >= 0.6 is 0 Å². The van der Waals surface area contributed by atoms with E-state index in [9.17, 15) is 5.11 Å². The highest BCUT2D eigenvalue weighted by molar-refractivity contribution is 5.01. The van der Waals surface area contributed by atoms with Gasteiger partial charge >= 0.3 is 0 Å². The lowest BCUT2D eigenvalue weighted by Crippen LogP contribution is -2.31. The van der Waals surface area contributed by atoms with E-state index in [1.165, 1.54) is 5.57 Å². The molecule has 0 radical (unpaired) electrons. The van der Waals surface area contributed by atoms with Gasteiger partial charge in [0, 0.05) is 25.7 Å². The Bertz CT molecular complexity index is 226. The van der Waals surface area contributed by atoms with Gasteiger partial charge in [-0.25, -0.2) is 0 Å². The van der Waals surface area contributed by atoms with Crippen LogP contribution in [0.15, 0.2) is 12.2 Å². The quantitative estimate of drug-likeness (QED) is 0.669. The van der Waals surface area contributed by atoms with Gasteiger partial charge in [0.05, 0.1) is 6.10 Å². The van der Waals surface area contributed by atoms with E-state index in [-0.39, 0.29) is 6.10 Å². The van der Waals surface area contributed by atoms with Gasteiger partial charge < -0.3 is 10.4 Å². The summed E-state index contributed by atoms with van der Waals surface area (Å²) in [7, 11) is 0. The van der Waals surface area contributed by atoms with Crippen molar-refractivity contribution < 1.29 is 5.11 Å². The van der Waals surface area contributed by atoms with E-state index in [0.29, 0.717) is 12.0 Å². The highest BCUT2D eigenvalue weighted by Gasteiger charge is 2.25. The summed E-state index contributed by atoms with van der Waals surface area (Å²) in [5, 5.41) is 12.9. The van der Waals surface area contributed by atoms with E-state index >= 15 is 0 Å². The van der Waals surface area contributed by atoms with Crippen LogP contribution in [0.2, 0.25) is 0 Å². The molecule has 1 heterocycles. The number of nitrogens with one attached hydrogen (secondary N) is 1. The normalized spacial score (nSPS) is 23.9. The van der Waals surface area contributed by atoms with Crippen LogP contribution in [0.3, 0.4) is 0 Å². The first-order chi connectivity index (χ1) is 7.49. The van der Waals surface area contributed by atoms with Crippen molar-refractivity contribution in [2.24, 2.45) is 5.92 Å². The van der Waals surface area contributed by atoms with Gasteiger partial charge in [0.25, 0.3) is 0 Å². The van der Waals surface area contributed by atoms with Crippen molar-refractivity contribution in [3.8, 4) is 0 Å². The summed E-state index contributed by atoms with van der Waals surface area (Å²) < 4.78 is 0. The Morgan fingerprint density at radius 3 is 2.69 bits per heavy atom. The molecule has 0 aliphatic carbocycles. The maximum absolute atomic E-state index is 9.52. The second kappa shape index (κ2) is 6.38. The molecule has 0 spiro atoms. The average Bonchev–Trinajstić information content (AvgIpc) is 2.63. The molecule has 0 bridgehead atoms. The molecule has 0 aromatic rings. The molecule has 1 rings (SSSR count). The summed E-state index contributed by atoms with van der Waals surface area (Å²) in [5.41, 5.74) is 1.24. The lowest BCUT2D eigenvalue weighted by atomic mass is 10.0. The fourth-order valence-corrected chi connectivity index (χ4v) is 2.12. The number of hydrogen-bond acceptors (Lipinski definition) is 3. The highest BCUT2D eigenvalue weighted by atomic mass is 16.3. The van der Waals surface area contributed by atoms with Crippen LogP contribution < -0.4 is 5.32 Å². The molecule has 1 fully saturated rings. The molecular formula is C13H26N2O. The van der Waals surface area contributed by atoms with Crippen LogP contribution in [-0.2, 0) is 0 Å². The summed E-state index contributed by atoms with van der Waals surface area (Å²) in [6.07, 6.45) is 0.940. The zero-order valence-electron chi connectivity index (χ0n) is 10.9. The number of aliphatic hydroxyl groups is 1. The molecule has 0 amide bonds. The number of likely N-dealkylation sites (tertiary alicyclic amines) is 1. The minimum atomic E-state index is -0.174. The van der Waals surface area contributed by atoms with Crippen LogP contribution in [0, 0.1) is 5.92 Å². The van der Waals surface area contributed by atoms with Crippen LogP contribution in [0.1, 0.15) is 27.2 Å². The smallest absolute Gasteiger partial charge is 0.0552 e. The number of aliphatic hydroxyl groups excluding tert-OH is 1. The first kappa shape index (κ1) is 13.7. The van der Waals surface area contributed by atoms with E-state index in [1.807, 2.05) is 6.92 Å². The van der Waals surface area contributed by atoms with Crippen LogP contribution in [0.25, 0.3) is 0 Å². The number of hydrogen-bond donors (Lipinski definition) is 2. The van der Waals surface area contributed by atoms with Gasteiger partial charge in [-0.2, -0.15) is 0 Å². The van der Waals surface area contributed by atoms with Gasteiger partial charge in [0.1, 0.15) is 0 Å². The van der Waals surface area contributed by atoms with Crippen LogP contribution in [0.4, 0.5) is 0 Å². The number of rotatable bonds is 6. The van der Waals surface area contributed by atoms with Gasteiger partial charge in [-0.05, 0) is 31.4 Å². The van der Waals surface area contributed by atoms with Gasteiger partial charge in [-0.1, -0.05) is 20.4 Å². The lowest BCUT2D eigenvalue weighted by Gasteiger charge is -2.19. The minimum Gasteiger partial charge on any atom is -0.393 e. The van der Waals surface area contributed by atoms with Crippen LogP contribution in [-0.4, -0.2) is 48.3 Å². The molecule has 2 N–H and O–H groups in total. The molecule has 0 aromatic carbocycles. The Morgan fingerprint density at radius 2 is 2.19 bits per heavy atom. The van der Waals surface area contributed by atoms with Gasteiger partial charge in [-0.3, -0.25) is 4.90 Å². The average molecular weight is 226 g/mol. The predicted molar refractivity (Wildman–Crippen MR) is 68.5 cm³/mol. The van der Waals surface area contributed by atoms with E-state index in [4.69, 9.17) is 0 Å². The molecule has 16 heavy (non-hydrogen) atoms. The van der Waals surface area contributed by atoms with E-state index < -0.39 is 0 Å². The predicted octanol–water partition coefficient (Wildman–Crippen LogP) is 1.24. The van der Waals surface area contributed by atoms with E-state index in [2.05, 4.69) is 30.6 Å². The summed E-state index contributed by atoms with van der Waals surface area (Å²) >= 11 is 0. The monoisotopic (exact) mass is 226 g/mol. The van der Waals surface area contributed by atoms with Crippen molar-refractivity contribution in [1.29, 1.82) is 0 Å². The largest absolute Gasteiger partial charge is 0.393 e. The Morgan fingerprint density at radius 1 is 1.50 bits per heavy atom. The maximum Gasteiger partial charge on any atom is 0.0552 e. The molecule has 1 saturated heterocycles. The zero-order chi connectivity index (χ0) is 12.1. The second-order valence-electron chi connectivity index (χ2n) is 5.31. The molecular weight excluding hydrogens is 200 g/mol. The van der Waals surface area contributed by atoms with Crippen molar-refractivity contribution in [2.45, 2.75) is 39.3 Å². The molecule has 1 aliphatic rings. The van der Waals surface area contributed by atoms with Gasteiger partial charge in [0.2, 0.25) is 0 Å². The number of nitrogens with zero attached hydrogens (tertiary/aromatic N) is 1. The summed E-state index contributed by atoms with van der Waals surface area (Å²) in [6, 6.07) is 0.514.